The molecule has 2 aliphatic rings. The van der Waals surface area contributed by atoms with Crippen LogP contribution in [0, 0.1) is 5.92 Å². The lowest BCUT2D eigenvalue weighted by molar-refractivity contribution is -0.140. The first-order chi connectivity index (χ1) is 10.1. The molecule has 5 heteroatoms. The number of carboxylic acid groups (broad SMARTS) is 1. The van der Waals surface area contributed by atoms with Crippen LogP contribution in [0.5, 0.6) is 0 Å². The molecule has 0 aromatic carbocycles. The van der Waals surface area contributed by atoms with Gasteiger partial charge in [0.05, 0.1) is 6.04 Å². The average Bonchev–Trinajstić information content (AvgIpc) is 2.75. The van der Waals surface area contributed by atoms with Gasteiger partial charge >= 0.3 is 5.97 Å². The molecule has 1 amide bonds. The predicted molar refractivity (Wildman–Crippen MR) is 81.1 cm³/mol. The fourth-order valence-electron chi connectivity index (χ4n) is 3.50. The van der Waals surface area contributed by atoms with Gasteiger partial charge in [-0.2, -0.15) is 0 Å². The zero-order chi connectivity index (χ0) is 15.2. The van der Waals surface area contributed by atoms with Crippen LogP contribution in [0.15, 0.2) is 0 Å². The van der Waals surface area contributed by atoms with E-state index >= 15 is 0 Å². The number of nitrogens with zero attached hydrogens (tertiary/aromatic N) is 2. The molecule has 0 bridgehead atoms. The van der Waals surface area contributed by atoms with Crippen LogP contribution in [0.3, 0.4) is 0 Å². The number of carbonyl (C=O) groups excluding carboxylic acids is 1. The van der Waals surface area contributed by atoms with Gasteiger partial charge < -0.3 is 10.0 Å². The average molecular weight is 296 g/mol. The first-order valence-corrected chi connectivity index (χ1v) is 8.32. The summed E-state index contributed by atoms with van der Waals surface area (Å²) in [6, 6.07) is -0.0612. The van der Waals surface area contributed by atoms with E-state index in [0.717, 1.165) is 51.9 Å². The third-order valence-electron chi connectivity index (χ3n) is 4.94. The second-order valence-corrected chi connectivity index (χ2v) is 6.49. The molecule has 1 unspecified atom stereocenters. The minimum absolute atomic E-state index is 0.0612. The van der Waals surface area contributed by atoms with Crippen molar-refractivity contribution >= 4 is 11.9 Å². The number of aliphatic carboxylic acids is 1. The summed E-state index contributed by atoms with van der Waals surface area (Å²) in [5.41, 5.74) is 0. The van der Waals surface area contributed by atoms with E-state index in [4.69, 9.17) is 5.11 Å². The first-order valence-electron chi connectivity index (χ1n) is 8.32. The molecular weight excluding hydrogens is 268 g/mol. The molecule has 2 saturated heterocycles. The Hall–Kier alpha value is -1.10. The lowest BCUT2D eigenvalue weighted by Crippen LogP contribution is -2.50. The van der Waals surface area contributed by atoms with E-state index in [2.05, 4.69) is 4.90 Å². The molecule has 2 rings (SSSR count). The number of rotatable bonds is 4. The largest absolute Gasteiger partial charge is 0.481 e. The normalized spacial score (nSPS) is 23.6. The van der Waals surface area contributed by atoms with Gasteiger partial charge in [-0.3, -0.25) is 14.5 Å². The summed E-state index contributed by atoms with van der Waals surface area (Å²) in [5, 5.41) is 8.85. The quantitative estimate of drug-likeness (QED) is 0.861. The van der Waals surface area contributed by atoms with Gasteiger partial charge in [-0.05, 0) is 51.6 Å². The van der Waals surface area contributed by atoms with Crippen molar-refractivity contribution in [3.05, 3.63) is 0 Å². The molecule has 2 aliphatic heterocycles. The molecule has 2 heterocycles. The van der Waals surface area contributed by atoms with Gasteiger partial charge in [0.2, 0.25) is 5.91 Å². The Morgan fingerprint density at radius 2 is 1.62 bits per heavy atom. The topological polar surface area (TPSA) is 60.9 Å². The van der Waals surface area contributed by atoms with Gasteiger partial charge in [0.25, 0.3) is 0 Å². The zero-order valence-corrected chi connectivity index (χ0v) is 13.1. The molecule has 1 atom stereocenters. The standard InChI is InChI=1S/C16H28N2O3/c1-13(16(21)18-8-4-2-3-5-9-18)17-10-6-14(7-11-17)12-15(19)20/h13-14H,2-12H2,1H3,(H,19,20). The van der Waals surface area contributed by atoms with Crippen molar-refractivity contribution in [1.82, 2.24) is 9.80 Å². The molecule has 21 heavy (non-hydrogen) atoms. The predicted octanol–water partition coefficient (Wildman–Crippen LogP) is 1.96. The highest BCUT2D eigenvalue weighted by molar-refractivity contribution is 5.81. The lowest BCUT2D eigenvalue weighted by Gasteiger charge is -2.37. The Balaban J connectivity index is 1.81. The molecule has 0 radical (unpaired) electrons. The molecule has 0 spiro atoms. The maximum atomic E-state index is 12.6. The van der Waals surface area contributed by atoms with E-state index in [0.29, 0.717) is 0 Å². The highest BCUT2D eigenvalue weighted by Gasteiger charge is 2.30. The summed E-state index contributed by atoms with van der Waals surface area (Å²) >= 11 is 0. The van der Waals surface area contributed by atoms with Gasteiger partial charge in [0.1, 0.15) is 0 Å². The van der Waals surface area contributed by atoms with Crippen molar-refractivity contribution in [2.45, 2.75) is 57.9 Å². The van der Waals surface area contributed by atoms with Crippen LogP contribution >= 0.6 is 0 Å². The molecule has 2 fully saturated rings. The van der Waals surface area contributed by atoms with Crippen LogP contribution < -0.4 is 0 Å². The Labute approximate surface area is 127 Å². The van der Waals surface area contributed by atoms with Crippen molar-refractivity contribution in [3.63, 3.8) is 0 Å². The molecule has 1 N–H and O–H groups in total. The second-order valence-electron chi connectivity index (χ2n) is 6.49. The molecular formula is C16H28N2O3. The lowest BCUT2D eigenvalue weighted by atomic mass is 9.93. The van der Waals surface area contributed by atoms with Crippen LogP contribution in [0.2, 0.25) is 0 Å². The minimum Gasteiger partial charge on any atom is -0.481 e. The number of piperidine rings is 1. The smallest absolute Gasteiger partial charge is 0.303 e. The van der Waals surface area contributed by atoms with Crippen molar-refractivity contribution < 1.29 is 14.7 Å². The van der Waals surface area contributed by atoms with Crippen LogP contribution in [0.1, 0.15) is 51.9 Å². The van der Waals surface area contributed by atoms with E-state index < -0.39 is 5.97 Å². The number of amides is 1. The maximum absolute atomic E-state index is 12.6. The Kier molecular flexibility index (Phi) is 6.03. The summed E-state index contributed by atoms with van der Waals surface area (Å²) in [6.07, 6.45) is 6.77. The summed E-state index contributed by atoms with van der Waals surface area (Å²) < 4.78 is 0. The van der Waals surface area contributed by atoms with E-state index in [9.17, 15) is 9.59 Å². The molecule has 0 aromatic heterocycles. The van der Waals surface area contributed by atoms with E-state index in [-0.39, 0.29) is 24.3 Å². The summed E-state index contributed by atoms with van der Waals surface area (Å²) in [5.74, 6) is -0.171. The van der Waals surface area contributed by atoms with E-state index in [1.54, 1.807) is 0 Å². The molecule has 0 aromatic rings. The number of hydrogen-bond acceptors (Lipinski definition) is 3. The van der Waals surface area contributed by atoms with Gasteiger partial charge in [0.15, 0.2) is 0 Å². The van der Waals surface area contributed by atoms with Gasteiger partial charge in [-0.25, -0.2) is 0 Å². The Bertz CT molecular complexity index is 357. The van der Waals surface area contributed by atoms with E-state index in [1.165, 1.54) is 12.8 Å². The fraction of sp³-hybridized carbons (Fsp3) is 0.875. The monoisotopic (exact) mass is 296 g/mol. The summed E-state index contributed by atoms with van der Waals surface area (Å²) in [6.45, 7) is 5.50. The van der Waals surface area contributed by atoms with Crippen LogP contribution in [-0.2, 0) is 9.59 Å². The first kappa shape index (κ1) is 16.3. The number of carbonyl (C=O) groups is 2. The van der Waals surface area contributed by atoms with Crippen molar-refractivity contribution in [2.24, 2.45) is 5.92 Å². The van der Waals surface area contributed by atoms with Gasteiger partial charge in [-0.15, -0.1) is 0 Å². The van der Waals surface area contributed by atoms with Gasteiger partial charge in [0, 0.05) is 19.5 Å². The van der Waals surface area contributed by atoms with E-state index in [1.807, 2.05) is 11.8 Å². The number of hydrogen-bond donors (Lipinski definition) is 1. The van der Waals surface area contributed by atoms with Crippen LogP contribution in [-0.4, -0.2) is 59.0 Å². The fourth-order valence-corrected chi connectivity index (χ4v) is 3.50. The van der Waals surface area contributed by atoms with Crippen LogP contribution in [0.4, 0.5) is 0 Å². The summed E-state index contributed by atoms with van der Waals surface area (Å²) in [7, 11) is 0. The SMILES string of the molecule is CC(C(=O)N1CCCCCC1)N1CCC(CC(=O)O)CC1. The maximum Gasteiger partial charge on any atom is 0.303 e. The zero-order valence-electron chi connectivity index (χ0n) is 13.1. The molecule has 0 aliphatic carbocycles. The highest BCUT2D eigenvalue weighted by Crippen LogP contribution is 2.23. The minimum atomic E-state index is -0.706. The Morgan fingerprint density at radius 1 is 1.05 bits per heavy atom. The molecule has 120 valence electrons. The third-order valence-corrected chi connectivity index (χ3v) is 4.94. The molecule has 5 nitrogen and oxygen atoms in total. The Morgan fingerprint density at radius 3 is 2.14 bits per heavy atom. The number of carboxylic acids is 1. The number of likely N-dealkylation sites (tertiary alicyclic amines) is 2. The highest BCUT2D eigenvalue weighted by atomic mass is 16.4. The van der Waals surface area contributed by atoms with Crippen molar-refractivity contribution in [3.8, 4) is 0 Å². The van der Waals surface area contributed by atoms with Gasteiger partial charge in [-0.1, -0.05) is 12.8 Å². The summed E-state index contributed by atoms with van der Waals surface area (Å²) in [4.78, 5) is 27.6. The van der Waals surface area contributed by atoms with Crippen molar-refractivity contribution in [2.75, 3.05) is 26.2 Å². The molecule has 0 saturated carbocycles. The van der Waals surface area contributed by atoms with Crippen molar-refractivity contribution in [1.29, 1.82) is 0 Å². The third kappa shape index (κ3) is 4.70. The second kappa shape index (κ2) is 7.78. The van der Waals surface area contributed by atoms with Crippen LogP contribution in [0.25, 0.3) is 0 Å².